The van der Waals surface area contributed by atoms with E-state index in [1.54, 1.807) is 0 Å². The lowest BCUT2D eigenvalue weighted by molar-refractivity contribution is -0.385. The van der Waals surface area contributed by atoms with Crippen LogP contribution in [0.3, 0.4) is 0 Å². The number of rotatable bonds is 9. The molecule has 0 heterocycles. The first-order valence-corrected chi connectivity index (χ1v) is 10.5. The highest BCUT2D eigenvalue weighted by Gasteiger charge is 2.17. The van der Waals surface area contributed by atoms with E-state index in [1.807, 2.05) is 31.2 Å². The van der Waals surface area contributed by atoms with Gasteiger partial charge in [-0.15, -0.1) is 11.8 Å². The van der Waals surface area contributed by atoms with Crippen LogP contribution in [0.25, 0.3) is 0 Å². The quantitative estimate of drug-likeness (QED) is 0.283. The molecular weight excluding hydrogens is 390 g/mol. The molecule has 0 aliphatic rings. The van der Waals surface area contributed by atoms with Gasteiger partial charge < -0.3 is 5.32 Å². The Morgan fingerprint density at radius 1 is 1.15 bits per heavy atom. The number of hydrogen-bond acceptors (Lipinski definition) is 6. The van der Waals surface area contributed by atoms with Crippen molar-refractivity contribution in [2.24, 2.45) is 0 Å². The summed E-state index contributed by atoms with van der Waals surface area (Å²) in [5, 5.41) is 13.4. The van der Waals surface area contributed by atoms with Gasteiger partial charge in [0.1, 0.15) is 0 Å². The Morgan fingerprint density at radius 2 is 1.89 bits per heavy atom. The predicted octanol–water partition coefficient (Wildman–Crippen LogP) is 2.09. The van der Waals surface area contributed by atoms with E-state index in [2.05, 4.69) is 10.0 Å². The standard InChI is InChI=1S/C17H19N3O5S2/c1-13-5-2-3-8-16(13)26-12-17(21)18-9-10-19-27(24,25)15-7-4-6-14(11-15)20(22)23/h2-8,11,19H,9-10,12H2,1H3,(H,18,21). The van der Waals surface area contributed by atoms with Gasteiger partial charge in [0.25, 0.3) is 5.69 Å². The summed E-state index contributed by atoms with van der Waals surface area (Å²) in [6.45, 7) is 2.05. The number of aryl methyl sites for hydroxylation is 1. The Balaban J connectivity index is 1.78. The lowest BCUT2D eigenvalue weighted by atomic mass is 10.2. The number of nitrogens with zero attached hydrogens (tertiary/aromatic N) is 1. The van der Waals surface area contributed by atoms with E-state index in [0.717, 1.165) is 16.5 Å². The fourth-order valence-electron chi connectivity index (χ4n) is 2.15. The van der Waals surface area contributed by atoms with Gasteiger partial charge in [0.15, 0.2) is 0 Å². The van der Waals surface area contributed by atoms with Crippen molar-refractivity contribution in [1.29, 1.82) is 0 Å². The number of carbonyl (C=O) groups excluding carboxylic acids is 1. The number of nitro groups is 1. The van der Waals surface area contributed by atoms with Crippen LogP contribution in [-0.2, 0) is 14.8 Å². The summed E-state index contributed by atoms with van der Waals surface area (Å²) in [7, 11) is -3.89. The maximum atomic E-state index is 12.1. The van der Waals surface area contributed by atoms with Gasteiger partial charge in [0.2, 0.25) is 15.9 Å². The molecule has 0 fully saturated rings. The van der Waals surface area contributed by atoms with Crippen LogP contribution < -0.4 is 10.0 Å². The van der Waals surface area contributed by atoms with Crippen molar-refractivity contribution in [3.63, 3.8) is 0 Å². The molecule has 0 aliphatic carbocycles. The Labute approximate surface area is 161 Å². The van der Waals surface area contributed by atoms with Crippen molar-refractivity contribution < 1.29 is 18.1 Å². The molecule has 10 heteroatoms. The average Bonchev–Trinajstić information content (AvgIpc) is 2.64. The monoisotopic (exact) mass is 409 g/mol. The molecule has 2 N–H and O–H groups in total. The van der Waals surface area contributed by atoms with Crippen molar-refractivity contribution in [3.05, 3.63) is 64.2 Å². The zero-order chi connectivity index (χ0) is 19.9. The molecule has 2 aromatic rings. The number of thioether (sulfide) groups is 1. The van der Waals surface area contributed by atoms with Gasteiger partial charge in [-0.1, -0.05) is 24.3 Å². The second-order valence-electron chi connectivity index (χ2n) is 5.56. The molecule has 0 spiro atoms. The van der Waals surface area contributed by atoms with Crippen molar-refractivity contribution in [1.82, 2.24) is 10.0 Å². The van der Waals surface area contributed by atoms with Crippen molar-refractivity contribution >= 4 is 33.4 Å². The third-order valence-electron chi connectivity index (χ3n) is 3.53. The van der Waals surface area contributed by atoms with E-state index in [-0.39, 0.29) is 35.3 Å². The molecule has 0 saturated heterocycles. The topological polar surface area (TPSA) is 118 Å². The summed E-state index contributed by atoms with van der Waals surface area (Å²) in [5.41, 5.74) is 0.777. The third-order valence-corrected chi connectivity index (χ3v) is 6.16. The van der Waals surface area contributed by atoms with E-state index in [1.165, 1.54) is 30.0 Å². The summed E-state index contributed by atoms with van der Waals surface area (Å²) >= 11 is 1.41. The summed E-state index contributed by atoms with van der Waals surface area (Å²) < 4.78 is 26.6. The second-order valence-corrected chi connectivity index (χ2v) is 8.34. The van der Waals surface area contributed by atoms with Gasteiger partial charge in [-0.05, 0) is 24.6 Å². The van der Waals surface area contributed by atoms with Gasteiger partial charge in [-0.3, -0.25) is 14.9 Å². The predicted molar refractivity (Wildman–Crippen MR) is 103 cm³/mol. The Hall–Kier alpha value is -2.43. The minimum atomic E-state index is -3.89. The number of amides is 1. The first-order chi connectivity index (χ1) is 12.8. The summed E-state index contributed by atoms with van der Waals surface area (Å²) in [4.78, 5) is 22.8. The van der Waals surface area contributed by atoms with Crippen LogP contribution in [0.15, 0.2) is 58.3 Å². The van der Waals surface area contributed by atoms with Crippen LogP contribution >= 0.6 is 11.8 Å². The molecule has 0 unspecified atom stereocenters. The number of nitrogens with one attached hydrogen (secondary N) is 2. The molecule has 2 aromatic carbocycles. The zero-order valence-electron chi connectivity index (χ0n) is 14.5. The lowest BCUT2D eigenvalue weighted by Gasteiger charge is -2.09. The average molecular weight is 409 g/mol. The van der Waals surface area contributed by atoms with E-state index in [4.69, 9.17) is 0 Å². The van der Waals surface area contributed by atoms with E-state index >= 15 is 0 Å². The lowest BCUT2D eigenvalue weighted by Crippen LogP contribution is -2.35. The fourth-order valence-corrected chi connectivity index (χ4v) is 4.08. The van der Waals surface area contributed by atoms with E-state index in [0.29, 0.717) is 0 Å². The Bertz CT molecular complexity index is 932. The fraction of sp³-hybridized carbons (Fsp3) is 0.235. The van der Waals surface area contributed by atoms with Crippen molar-refractivity contribution in [3.8, 4) is 0 Å². The van der Waals surface area contributed by atoms with Crippen LogP contribution in [0.2, 0.25) is 0 Å². The van der Waals surface area contributed by atoms with Gasteiger partial charge >= 0.3 is 0 Å². The SMILES string of the molecule is Cc1ccccc1SCC(=O)NCCNS(=O)(=O)c1cccc([N+](=O)[O-])c1. The van der Waals surface area contributed by atoms with Gasteiger partial charge in [0, 0.05) is 30.1 Å². The zero-order valence-corrected chi connectivity index (χ0v) is 16.2. The van der Waals surface area contributed by atoms with Gasteiger partial charge in [0.05, 0.1) is 15.6 Å². The highest BCUT2D eigenvalue weighted by Crippen LogP contribution is 2.21. The highest BCUT2D eigenvalue weighted by atomic mass is 32.2. The van der Waals surface area contributed by atoms with Crippen molar-refractivity contribution in [2.75, 3.05) is 18.8 Å². The first kappa shape index (κ1) is 20.9. The molecule has 0 aromatic heterocycles. The van der Waals surface area contributed by atoms with Crippen LogP contribution in [0.1, 0.15) is 5.56 Å². The molecule has 144 valence electrons. The molecular formula is C17H19N3O5S2. The minimum absolute atomic E-state index is 0.0220. The maximum absolute atomic E-state index is 12.1. The number of benzene rings is 2. The summed E-state index contributed by atoms with van der Waals surface area (Å²) in [6, 6.07) is 12.5. The van der Waals surface area contributed by atoms with Crippen LogP contribution in [-0.4, -0.2) is 38.1 Å². The molecule has 0 radical (unpaired) electrons. The van der Waals surface area contributed by atoms with Gasteiger partial charge in [-0.2, -0.15) is 0 Å². The number of hydrogen-bond donors (Lipinski definition) is 2. The largest absolute Gasteiger partial charge is 0.354 e. The molecule has 0 atom stereocenters. The first-order valence-electron chi connectivity index (χ1n) is 7.99. The molecule has 1 amide bonds. The van der Waals surface area contributed by atoms with E-state index < -0.39 is 14.9 Å². The number of sulfonamides is 1. The van der Waals surface area contributed by atoms with Crippen molar-refractivity contribution in [2.45, 2.75) is 16.7 Å². The minimum Gasteiger partial charge on any atom is -0.354 e. The van der Waals surface area contributed by atoms with Crippen LogP contribution in [0.5, 0.6) is 0 Å². The molecule has 8 nitrogen and oxygen atoms in total. The molecule has 0 aliphatic heterocycles. The second kappa shape index (κ2) is 9.49. The Kier molecular flexibility index (Phi) is 7.34. The number of carbonyl (C=O) groups is 1. The normalized spacial score (nSPS) is 11.1. The highest BCUT2D eigenvalue weighted by molar-refractivity contribution is 8.00. The van der Waals surface area contributed by atoms with Gasteiger partial charge in [-0.25, -0.2) is 13.1 Å². The number of non-ortho nitro benzene ring substituents is 1. The van der Waals surface area contributed by atoms with Crippen LogP contribution in [0, 0.1) is 17.0 Å². The van der Waals surface area contributed by atoms with E-state index in [9.17, 15) is 23.3 Å². The van der Waals surface area contributed by atoms with Crippen LogP contribution in [0.4, 0.5) is 5.69 Å². The molecule has 0 saturated carbocycles. The Morgan fingerprint density at radius 3 is 2.59 bits per heavy atom. The number of nitro benzene ring substituents is 1. The summed E-state index contributed by atoms with van der Waals surface area (Å²) in [6.07, 6.45) is 0. The molecule has 27 heavy (non-hydrogen) atoms. The summed E-state index contributed by atoms with van der Waals surface area (Å²) in [5.74, 6) is 0.0143. The third kappa shape index (κ3) is 6.35. The molecule has 0 bridgehead atoms. The maximum Gasteiger partial charge on any atom is 0.270 e. The smallest absolute Gasteiger partial charge is 0.270 e. The molecule has 2 rings (SSSR count).